The van der Waals surface area contributed by atoms with Gasteiger partial charge in [0.25, 0.3) is 0 Å². The van der Waals surface area contributed by atoms with Gasteiger partial charge in [-0.3, -0.25) is 0 Å². The van der Waals surface area contributed by atoms with Crippen LogP contribution in [0.15, 0.2) is 29.6 Å². The molecule has 0 radical (unpaired) electrons. The van der Waals surface area contributed by atoms with Crippen LogP contribution in [0.5, 0.6) is 0 Å². The fourth-order valence-corrected chi connectivity index (χ4v) is 3.71. The SMILES string of the molecule is OCC1(Cc2csc3ccccc23)CCCN1. The number of benzene rings is 1. The van der Waals surface area contributed by atoms with Gasteiger partial charge in [-0.2, -0.15) is 0 Å². The summed E-state index contributed by atoms with van der Waals surface area (Å²) in [5.74, 6) is 0. The van der Waals surface area contributed by atoms with E-state index in [4.69, 9.17) is 0 Å². The minimum absolute atomic E-state index is 0.0795. The van der Waals surface area contributed by atoms with Crippen molar-refractivity contribution in [1.82, 2.24) is 5.32 Å². The fraction of sp³-hybridized carbons (Fsp3) is 0.429. The van der Waals surface area contributed by atoms with E-state index in [0.29, 0.717) is 0 Å². The largest absolute Gasteiger partial charge is 0.394 e. The molecule has 0 amide bonds. The Bertz CT molecular complexity index is 514. The van der Waals surface area contributed by atoms with Gasteiger partial charge in [-0.05, 0) is 48.2 Å². The van der Waals surface area contributed by atoms with Gasteiger partial charge in [0.05, 0.1) is 6.61 Å². The van der Waals surface area contributed by atoms with E-state index in [1.807, 2.05) is 0 Å². The molecule has 3 heteroatoms. The Labute approximate surface area is 105 Å². The first-order valence-electron chi connectivity index (χ1n) is 6.14. The number of thiophene rings is 1. The Morgan fingerprint density at radius 3 is 3.00 bits per heavy atom. The van der Waals surface area contributed by atoms with Crippen LogP contribution in [0.1, 0.15) is 18.4 Å². The van der Waals surface area contributed by atoms with Gasteiger partial charge in [0.15, 0.2) is 0 Å². The molecule has 1 aliphatic heterocycles. The second-order valence-corrected chi connectivity index (χ2v) is 5.81. The van der Waals surface area contributed by atoms with E-state index in [0.717, 1.165) is 19.4 Å². The number of aliphatic hydroxyl groups excluding tert-OH is 1. The van der Waals surface area contributed by atoms with Crippen molar-refractivity contribution in [2.24, 2.45) is 0 Å². The van der Waals surface area contributed by atoms with Gasteiger partial charge < -0.3 is 10.4 Å². The minimum Gasteiger partial charge on any atom is -0.394 e. The second-order valence-electron chi connectivity index (χ2n) is 4.90. The highest BCUT2D eigenvalue weighted by atomic mass is 32.1. The number of hydrogen-bond donors (Lipinski definition) is 2. The highest BCUT2D eigenvalue weighted by Crippen LogP contribution is 2.31. The predicted octanol–water partition coefficient (Wildman–Crippen LogP) is 2.56. The van der Waals surface area contributed by atoms with Crippen molar-refractivity contribution < 1.29 is 5.11 Å². The summed E-state index contributed by atoms with van der Waals surface area (Å²) >= 11 is 1.80. The third kappa shape index (κ3) is 1.99. The molecular formula is C14H17NOS. The molecule has 2 aromatic rings. The molecule has 2 N–H and O–H groups in total. The quantitative estimate of drug-likeness (QED) is 0.873. The van der Waals surface area contributed by atoms with E-state index in [1.165, 1.54) is 22.1 Å². The summed E-state index contributed by atoms with van der Waals surface area (Å²) in [5.41, 5.74) is 1.29. The summed E-state index contributed by atoms with van der Waals surface area (Å²) < 4.78 is 1.34. The molecule has 1 aromatic heterocycles. The van der Waals surface area contributed by atoms with Gasteiger partial charge in [-0.25, -0.2) is 0 Å². The average Bonchev–Trinajstić information content (AvgIpc) is 2.99. The molecule has 0 aliphatic carbocycles. The molecule has 0 saturated carbocycles. The fourth-order valence-electron chi connectivity index (χ4n) is 2.74. The van der Waals surface area contributed by atoms with Gasteiger partial charge >= 0.3 is 0 Å². The van der Waals surface area contributed by atoms with Crippen LogP contribution < -0.4 is 5.32 Å². The van der Waals surface area contributed by atoms with Gasteiger partial charge in [0.2, 0.25) is 0 Å². The average molecular weight is 247 g/mol. The highest BCUT2D eigenvalue weighted by molar-refractivity contribution is 7.17. The van der Waals surface area contributed by atoms with Crippen molar-refractivity contribution in [3.05, 3.63) is 35.2 Å². The predicted molar refractivity (Wildman–Crippen MR) is 72.6 cm³/mol. The van der Waals surface area contributed by atoms with Crippen molar-refractivity contribution >= 4 is 21.4 Å². The maximum atomic E-state index is 9.63. The zero-order valence-electron chi connectivity index (χ0n) is 9.78. The molecular weight excluding hydrogens is 230 g/mol. The third-order valence-electron chi connectivity index (χ3n) is 3.72. The molecule has 0 bridgehead atoms. The molecule has 1 aromatic carbocycles. The standard InChI is InChI=1S/C14H17NOS/c16-10-14(6-3-7-15-14)8-11-9-17-13-5-2-1-4-12(11)13/h1-2,4-5,9,15-16H,3,6-8,10H2. The molecule has 1 aliphatic rings. The van der Waals surface area contributed by atoms with E-state index in [-0.39, 0.29) is 12.1 Å². The smallest absolute Gasteiger partial charge is 0.0616 e. The minimum atomic E-state index is -0.0795. The lowest BCUT2D eigenvalue weighted by Crippen LogP contribution is -2.45. The summed E-state index contributed by atoms with van der Waals surface area (Å²) in [6.45, 7) is 1.26. The topological polar surface area (TPSA) is 32.3 Å². The van der Waals surface area contributed by atoms with Crippen LogP contribution in [0.25, 0.3) is 10.1 Å². The Kier molecular flexibility index (Phi) is 2.90. The van der Waals surface area contributed by atoms with Crippen LogP contribution in [0.4, 0.5) is 0 Å². The lowest BCUT2D eigenvalue weighted by atomic mass is 9.90. The number of nitrogens with one attached hydrogen (secondary N) is 1. The maximum absolute atomic E-state index is 9.63. The molecule has 1 unspecified atom stereocenters. The summed E-state index contributed by atoms with van der Waals surface area (Å²) in [4.78, 5) is 0. The highest BCUT2D eigenvalue weighted by Gasteiger charge is 2.33. The van der Waals surface area contributed by atoms with E-state index < -0.39 is 0 Å². The molecule has 1 atom stereocenters. The van der Waals surface area contributed by atoms with E-state index in [2.05, 4.69) is 35.0 Å². The van der Waals surface area contributed by atoms with Gasteiger partial charge in [0.1, 0.15) is 0 Å². The summed E-state index contributed by atoms with van der Waals surface area (Å²) in [6, 6.07) is 8.52. The molecule has 17 heavy (non-hydrogen) atoms. The van der Waals surface area contributed by atoms with Gasteiger partial charge in [-0.15, -0.1) is 11.3 Å². The Morgan fingerprint density at radius 2 is 2.24 bits per heavy atom. The van der Waals surface area contributed by atoms with E-state index in [9.17, 15) is 5.11 Å². The number of rotatable bonds is 3. The normalized spacial score (nSPS) is 24.5. The Morgan fingerprint density at radius 1 is 1.35 bits per heavy atom. The van der Waals surface area contributed by atoms with Crippen molar-refractivity contribution in [2.45, 2.75) is 24.8 Å². The number of hydrogen-bond acceptors (Lipinski definition) is 3. The van der Waals surface area contributed by atoms with Crippen molar-refractivity contribution in [2.75, 3.05) is 13.2 Å². The van der Waals surface area contributed by atoms with Crippen LogP contribution >= 0.6 is 11.3 Å². The summed E-state index contributed by atoms with van der Waals surface area (Å²) in [5, 5.41) is 16.7. The Balaban J connectivity index is 1.94. The molecule has 90 valence electrons. The van der Waals surface area contributed by atoms with E-state index >= 15 is 0 Å². The van der Waals surface area contributed by atoms with Crippen LogP contribution in [-0.2, 0) is 6.42 Å². The van der Waals surface area contributed by atoms with Gasteiger partial charge in [0, 0.05) is 10.2 Å². The number of fused-ring (bicyclic) bond motifs is 1. The second kappa shape index (κ2) is 4.41. The molecule has 2 nitrogen and oxygen atoms in total. The van der Waals surface area contributed by atoms with Crippen LogP contribution in [0, 0.1) is 0 Å². The first-order valence-corrected chi connectivity index (χ1v) is 7.02. The van der Waals surface area contributed by atoms with Crippen LogP contribution in [-0.4, -0.2) is 23.8 Å². The van der Waals surface area contributed by atoms with Crippen molar-refractivity contribution in [1.29, 1.82) is 0 Å². The molecule has 1 saturated heterocycles. The third-order valence-corrected chi connectivity index (χ3v) is 4.74. The first kappa shape index (κ1) is 11.2. The summed E-state index contributed by atoms with van der Waals surface area (Å²) in [6.07, 6.45) is 3.18. The molecule has 3 rings (SSSR count). The van der Waals surface area contributed by atoms with Gasteiger partial charge in [-0.1, -0.05) is 18.2 Å². The summed E-state index contributed by atoms with van der Waals surface area (Å²) in [7, 11) is 0. The van der Waals surface area contributed by atoms with Crippen LogP contribution in [0.3, 0.4) is 0 Å². The van der Waals surface area contributed by atoms with Crippen molar-refractivity contribution in [3.8, 4) is 0 Å². The lowest BCUT2D eigenvalue weighted by molar-refractivity contribution is 0.177. The molecule has 1 fully saturated rings. The Hall–Kier alpha value is -0.900. The maximum Gasteiger partial charge on any atom is 0.0616 e. The molecule has 2 heterocycles. The zero-order chi connectivity index (χ0) is 11.7. The zero-order valence-corrected chi connectivity index (χ0v) is 10.6. The monoisotopic (exact) mass is 247 g/mol. The lowest BCUT2D eigenvalue weighted by Gasteiger charge is -2.26. The van der Waals surface area contributed by atoms with Crippen LogP contribution in [0.2, 0.25) is 0 Å². The van der Waals surface area contributed by atoms with E-state index in [1.54, 1.807) is 11.3 Å². The molecule has 0 spiro atoms. The van der Waals surface area contributed by atoms with Crippen molar-refractivity contribution in [3.63, 3.8) is 0 Å². The first-order chi connectivity index (χ1) is 8.33. The number of aliphatic hydroxyl groups is 1.